The summed E-state index contributed by atoms with van der Waals surface area (Å²) in [6.07, 6.45) is -2.70. The van der Waals surface area contributed by atoms with Crippen LogP contribution in [0, 0.1) is 9.39 Å². The molecule has 1 heterocycles. The Labute approximate surface area is 134 Å². The minimum atomic E-state index is -2.70. The molecule has 1 aromatic carbocycles. The van der Waals surface area contributed by atoms with E-state index in [1.165, 1.54) is 24.3 Å². The third-order valence-corrected chi connectivity index (χ3v) is 4.15. The molecule has 0 aliphatic heterocycles. The Morgan fingerprint density at radius 3 is 2.55 bits per heavy atom. The zero-order chi connectivity index (χ0) is 14.9. The summed E-state index contributed by atoms with van der Waals surface area (Å²) >= 11 is 4.95. The lowest BCUT2D eigenvalue weighted by molar-refractivity contribution is 0.125. The number of hydrogen-bond acceptors (Lipinski definition) is 1. The molecule has 106 valence electrons. The molecule has 0 N–H and O–H groups in total. The van der Waals surface area contributed by atoms with Gasteiger partial charge < -0.3 is 4.57 Å². The lowest BCUT2D eigenvalue weighted by Crippen LogP contribution is -2.27. The van der Waals surface area contributed by atoms with E-state index in [9.17, 15) is 18.0 Å². The van der Waals surface area contributed by atoms with E-state index in [1.807, 2.05) is 0 Å². The zero-order valence-electron chi connectivity index (χ0n) is 9.92. The first kappa shape index (κ1) is 15.6. The van der Waals surface area contributed by atoms with Crippen LogP contribution in [0.15, 0.2) is 39.6 Å². The molecular formula is C13H8BrF3INO. The first-order valence-electron chi connectivity index (χ1n) is 5.53. The molecule has 0 aliphatic rings. The molecule has 2 aromatic rings. The summed E-state index contributed by atoms with van der Waals surface area (Å²) in [4.78, 5) is 12.0. The van der Waals surface area contributed by atoms with Crippen molar-refractivity contribution in [3.8, 4) is 11.3 Å². The van der Waals surface area contributed by atoms with Crippen LogP contribution in [0.1, 0.15) is 0 Å². The van der Waals surface area contributed by atoms with Gasteiger partial charge in [-0.25, -0.2) is 13.2 Å². The molecule has 0 amide bonds. The van der Waals surface area contributed by atoms with E-state index in [-0.39, 0.29) is 11.3 Å². The molecule has 0 atom stereocenters. The van der Waals surface area contributed by atoms with Crippen LogP contribution in [-0.2, 0) is 6.54 Å². The van der Waals surface area contributed by atoms with Crippen molar-refractivity contribution in [2.75, 3.05) is 0 Å². The second kappa shape index (κ2) is 6.30. The highest BCUT2D eigenvalue weighted by Gasteiger charge is 2.17. The Morgan fingerprint density at radius 1 is 1.25 bits per heavy atom. The molecular weight excluding hydrogens is 450 g/mol. The van der Waals surface area contributed by atoms with Crippen molar-refractivity contribution in [3.63, 3.8) is 0 Å². The molecule has 2 rings (SSSR count). The first-order chi connectivity index (χ1) is 9.41. The second-order valence-electron chi connectivity index (χ2n) is 3.97. The summed E-state index contributed by atoms with van der Waals surface area (Å²) < 4.78 is 40.9. The monoisotopic (exact) mass is 457 g/mol. The van der Waals surface area contributed by atoms with E-state index in [2.05, 4.69) is 15.9 Å². The number of hydrogen-bond donors (Lipinski definition) is 0. The number of pyridine rings is 1. The molecule has 0 spiro atoms. The highest BCUT2D eigenvalue weighted by Crippen LogP contribution is 2.30. The van der Waals surface area contributed by atoms with Crippen molar-refractivity contribution in [2.45, 2.75) is 13.0 Å². The molecule has 0 fully saturated rings. The Balaban J connectivity index is 2.74. The number of nitrogens with zero attached hydrogens (tertiary/aromatic N) is 1. The third kappa shape index (κ3) is 3.08. The van der Waals surface area contributed by atoms with Gasteiger partial charge in [0, 0.05) is 10.0 Å². The maximum absolute atomic E-state index is 14.0. The number of rotatable bonds is 3. The topological polar surface area (TPSA) is 22.0 Å². The number of halogens is 5. The lowest BCUT2D eigenvalue weighted by atomic mass is 10.1. The van der Waals surface area contributed by atoms with Crippen molar-refractivity contribution >= 4 is 38.5 Å². The SMILES string of the molecule is O=c1c(I)ccc(-c2c(F)cccc2Br)n1CC(F)F. The van der Waals surface area contributed by atoms with Crippen molar-refractivity contribution in [1.82, 2.24) is 4.57 Å². The van der Waals surface area contributed by atoms with Crippen LogP contribution in [0.5, 0.6) is 0 Å². The van der Waals surface area contributed by atoms with Gasteiger partial charge in [-0.3, -0.25) is 4.79 Å². The fraction of sp³-hybridized carbons (Fsp3) is 0.154. The van der Waals surface area contributed by atoms with Crippen LogP contribution in [0.4, 0.5) is 13.2 Å². The molecule has 1 aromatic heterocycles. The quantitative estimate of drug-likeness (QED) is 0.630. The first-order valence-corrected chi connectivity index (χ1v) is 7.41. The van der Waals surface area contributed by atoms with E-state index in [0.717, 1.165) is 4.57 Å². The number of benzene rings is 1. The summed E-state index contributed by atoms with van der Waals surface area (Å²) in [5.41, 5.74) is -0.333. The minimum Gasteiger partial charge on any atom is -0.301 e. The van der Waals surface area contributed by atoms with Gasteiger partial charge >= 0.3 is 0 Å². The van der Waals surface area contributed by atoms with E-state index in [1.54, 1.807) is 28.7 Å². The smallest absolute Gasteiger partial charge is 0.264 e. The fourth-order valence-corrected chi connectivity index (χ4v) is 2.85. The van der Waals surface area contributed by atoms with Gasteiger partial charge in [-0.05, 0) is 62.8 Å². The number of aromatic nitrogens is 1. The van der Waals surface area contributed by atoms with E-state index in [0.29, 0.717) is 8.04 Å². The summed E-state index contributed by atoms with van der Waals surface area (Å²) in [5.74, 6) is -0.581. The van der Waals surface area contributed by atoms with Gasteiger partial charge in [0.2, 0.25) is 0 Å². The maximum Gasteiger partial charge on any atom is 0.264 e. The Kier molecular flexibility index (Phi) is 4.90. The lowest BCUT2D eigenvalue weighted by Gasteiger charge is -2.15. The maximum atomic E-state index is 14.0. The van der Waals surface area contributed by atoms with Gasteiger partial charge in [0.25, 0.3) is 12.0 Å². The summed E-state index contributed by atoms with van der Waals surface area (Å²) in [5, 5.41) is 0. The van der Waals surface area contributed by atoms with Crippen LogP contribution in [0.25, 0.3) is 11.3 Å². The predicted molar refractivity (Wildman–Crippen MR) is 82.5 cm³/mol. The molecule has 0 radical (unpaired) electrons. The standard InChI is InChI=1S/C13H8BrF3INO/c14-7-2-1-3-8(15)12(7)10-5-4-9(18)13(20)19(10)6-11(16)17/h1-5,11H,6H2. The van der Waals surface area contributed by atoms with Gasteiger partial charge in [0.05, 0.1) is 15.8 Å². The Hall–Kier alpha value is -0.830. The Bertz CT molecular complexity index is 682. The van der Waals surface area contributed by atoms with E-state index < -0.39 is 24.3 Å². The van der Waals surface area contributed by atoms with Crippen molar-refractivity contribution in [3.05, 3.63) is 54.5 Å². The van der Waals surface area contributed by atoms with Gasteiger partial charge in [0.15, 0.2) is 0 Å². The summed E-state index contributed by atoms with van der Waals surface area (Å²) in [6, 6.07) is 7.25. The van der Waals surface area contributed by atoms with E-state index >= 15 is 0 Å². The second-order valence-corrected chi connectivity index (χ2v) is 5.99. The van der Waals surface area contributed by atoms with E-state index in [4.69, 9.17) is 0 Å². The predicted octanol–water partition coefficient (Wildman–Crippen LogP) is 4.29. The van der Waals surface area contributed by atoms with Crippen LogP contribution in [0.2, 0.25) is 0 Å². The highest BCUT2D eigenvalue weighted by molar-refractivity contribution is 14.1. The fourth-order valence-electron chi connectivity index (χ4n) is 1.83. The van der Waals surface area contributed by atoms with Crippen LogP contribution < -0.4 is 5.56 Å². The molecule has 0 bridgehead atoms. The zero-order valence-corrected chi connectivity index (χ0v) is 13.7. The summed E-state index contributed by atoms with van der Waals surface area (Å²) in [7, 11) is 0. The average Bonchev–Trinajstić information content (AvgIpc) is 2.37. The van der Waals surface area contributed by atoms with Gasteiger partial charge in [0.1, 0.15) is 5.82 Å². The van der Waals surface area contributed by atoms with Gasteiger partial charge in [-0.2, -0.15) is 0 Å². The average molecular weight is 458 g/mol. The van der Waals surface area contributed by atoms with Crippen molar-refractivity contribution < 1.29 is 13.2 Å². The van der Waals surface area contributed by atoms with Crippen LogP contribution in [-0.4, -0.2) is 11.0 Å². The molecule has 2 nitrogen and oxygen atoms in total. The largest absolute Gasteiger partial charge is 0.301 e. The van der Waals surface area contributed by atoms with Crippen LogP contribution >= 0.6 is 38.5 Å². The minimum absolute atomic E-state index is 0.0988. The molecule has 0 aliphatic carbocycles. The molecule has 0 saturated carbocycles. The van der Waals surface area contributed by atoms with Crippen LogP contribution in [0.3, 0.4) is 0 Å². The van der Waals surface area contributed by atoms with Gasteiger partial charge in [-0.15, -0.1) is 0 Å². The third-order valence-electron chi connectivity index (χ3n) is 2.67. The molecule has 0 saturated heterocycles. The van der Waals surface area contributed by atoms with Crippen molar-refractivity contribution in [2.24, 2.45) is 0 Å². The highest BCUT2D eigenvalue weighted by atomic mass is 127. The number of alkyl halides is 2. The normalized spacial score (nSPS) is 11.1. The van der Waals surface area contributed by atoms with Crippen molar-refractivity contribution in [1.29, 1.82) is 0 Å². The summed E-state index contributed by atoms with van der Waals surface area (Å²) in [6.45, 7) is -0.772. The molecule has 7 heteroatoms. The molecule has 20 heavy (non-hydrogen) atoms. The van der Waals surface area contributed by atoms with Gasteiger partial charge in [-0.1, -0.05) is 6.07 Å². The molecule has 0 unspecified atom stereocenters. The Morgan fingerprint density at radius 2 is 1.95 bits per heavy atom.